The fraction of sp³-hybridized carbons (Fsp3) is 0.222. The number of hydrogen-bond acceptors (Lipinski definition) is 3. The summed E-state index contributed by atoms with van der Waals surface area (Å²) in [6, 6.07) is 6.30. The fourth-order valence-electron chi connectivity index (χ4n) is 2.68. The van der Waals surface area contributed by atoms with Crippen LogP contribution < -0.4 is 5.56 Å². The molecule has 3 rings (SSSR count). The van der Waals surface area contributed by atoms with Crippen LogP contribution in [0.2, 0.25) is 0 Å². The predicted molar refractivity (Wildman–Crippen MR) is 93.6 cm³/mol. The second-order valence-corrected chi connectivity index (χ2v) is 6.64. The molecule has 3 nitrogen and oxygen atoms in total. The third-order valence-electron chi connectivity index (χ3n) is 3.67. The van der Waals surface area contributed by atoms with E-state index in [9.17, 15) is 4.79 Å². The van der Waals surface area contributed by atoms with Gasteiger partial charge in [0.15, 0.2) is 0 Å². The minimum absolute atomic E-state index is 0.00391. The standard InChI is InChI=1S/C18H18N2OS/c1-11(2)8-20-10-19-17-16(18(20)21)15(9-22-17)14-6-5-12(3)7-13(14)4/h5-7,9-10H,1,8H2,2-4H3. The third-order valence-corrected chi connectivity index (χ3v) is 4.56. The Hall–Kier alpha value is -2.20. The minimum atomic E-state index is 0.00391. The lowest BCUT2D eigenvalue weighted by Crippen LogP contribution is -2.20. The first-order valence-corrected chi connectivity index (χ1v) is 8.04. The molecule has 2 heterocycles. The molecular weight excluding hydrogens is 292 g/mol. The molecule has 3 aromatic rings. The van der Waals surface area contributed by atoms with Gasteiger partial charge in [-0.05, 0) is 31.9 Å². The van der Waals surface area contributed by atoms with E-state index in [4.69, 9.17) is 0 Å². The first-order valence-electron chi connectivity index (χ1n) is 7.16. The Labute approximate surface area is 133 Å². The van der Waals surface area contributed by atoms with Crippen LogP contribution >= 0.6 is 11.3 Å². The van der Waals surface area contributed by atoms with E-state index in [0.717, 1.165) is 21.5 Å². The molecule has 0 fully saturated rings. The van der Waals surface area contributed by atoms with Gasteiger partial charge in [-0.15, -0.1) is 11.3 Å². The van der Waals surface area contributed by atoms with Gasteiger partial charge in [0.05, 0.1) is 11.7 Å². The zero-order chi connectivity index (χ0) is 15.9. The molecule has 0 aliphatic rings. The van der Waals surface area contributed by atoms with Crippen molar-refractivity contribution >= 4 is 21.6 Å². The average Bonchev–Trinajstić information content (AvgIpc) is 2.86. The number of benzene rings is 1. The van der Waals surface area contributed by atoms with Crippen LogP contribution in [0, 0.1) is 13.8 Å². The molecule has 112 valence electrons. The summed E-state index contributed by atoms with van der Waals surface area (Å²) >= 11 is 1.52. The van der Waals surface area contributed by atoms with Crippen LogP contribution in [0.5, 0.6) is 0 Å². The van der Waals surface area contributed by atoms with Gasteiger partial charge in [-0.3, -0.25) is 9.36 Å². The van der Waals surface area contributed by atoms with Gasteiger partial charge in [0.1, 0.15) is 4.83 Å². The maximum Gasteiger partial charge on any atom is 0.263 e. The molecule has 22 heavy (non-hydrogen) atoms. The number of rotatable bonds is 3. The maximum absolute atomic E-state index is 12.8. The van der Waals surface area contributed by atoms with Crippen molar-refractivity contribution in [3.63, 3.8) is 0 Å². The highest BCUT2D eigenvalue weighted by molar-refractivity contribution is 7.17. The van der Waals surface area contributed by atoms with Gasteiger partial charge in [0.25, 0.3) is 5.56 Å². The summed E-state index contributed by atoms with van der Waals surface area (Å²) in [6.07, 6.45) is 1.61. The number of allylic oxidation sites excluding steroid dienone is 1. The molecule has 0 spiro atoms. The van der Waals surface area contributed by atoms with E-state index in [1.165, 1.54) is 22.5 Å². The molecule has 0 bridgehead atoms. The molecule has 0 amide bonds. The Bertz CT molecular complexity index is 934. The monoisotopic (exact) mass is 310 g/mol. The molecule has 0 saturated heterocycles. The Kier molecular flexibility index (Phi) is 3.71. The Balaban J connectivity index is 2.27. The minimum Gasteiger partial charge on any atom is -0.295 e. The van der Waals surface area contributed by atoms with E-state index < -0.39 is 0 Å². The van der Waals surface area contributed by atoms with Gasteiger partial charge in [0, 0.05) is 17.5 Å². The molecule has 0 saturated carbocycles. The first-order chi connectivity index (χ1) is 10.5. The highest BCUT2D eigenvalue weighted by atomic mass is 32.1. The normalized spacial score (nSPS) is 11.0. The zero-order valence-electron chi connectivity index (χ0n) is 13.0. The Morgan fingerprint density at radius 2 is 2.09 bits per heavy atom. The van der Waals surface area contributed by atoms with Crippen LogP contribution in [0.15, 0.2) is 46.9 Å². The summed E-state index contributed by atoms with van der Waals surface area (Å²) in [6.45, 7) is 10.4. The van der Waals surface area contributed by atoms with Crippen molar-refractivity contribution in [3.8, 4) is 11.1 Å². The third kappa shape index (κ3) is 2.50. The van der Waals surface area contributed by atoms with E-state index in [0.29, 0.717) is 11.9 Å². The van der Waals surface area contributed by atoms with Crippen LogP contribution in [0.1, 0.15) is 18.1 Å². The largest absolute Gasteiger partial charge is 0.295 e. The molecule has 0 aliphatic heterocycles. The van der Waals surface area contributed by atoms with Crippen molar-refractivity contribution in [1.82, 2.24) is 9.55 Å². The Morgan fingerprint density at radius 1 is 1.32 bits per heavy atom. The van der Waals surface area contributed by atoms with Crippen LogP contribution in [0.25, 0.3) is 21.3 Å². The average molecular weight is 310 g/mol. The summed E-state index contributed by atoms with van der Waals surface area (Å²) in [5.41, 5.74) is 5.42. The van der Waals surface area contributed by atoms with Gasteiger partial charge < -0.3 is 0 Å². The topological polar surface area (TPSA) is 34.9 Å². The highest BCUT2D eigenvalue weighted by Gasteiger charge is 2.14. The van der Waals surface area contributed by atoms with E-state index in [2.05, 4.69) is 43.6 Å². The van der Waals surface area contributed by atoms with Crippen molar-refractivity contribution < 1.29 is 0 Å². The molecule has 0 unspecified atom stereocenters. The van der Waals surface area contributed by atoms with E-state index >= 15 is 0 Å². The molecular formula is C18H18N2OS. The first kappa shape index (κ1) is 14.7. The van der Waals surface area contributed by atoms with Crippen LogP contribution in [-0.2, 0) is 6.54 Å². The van der Waals surface area contributed by atoms with Gasteiger partial charge in [0.2, 0.25) is 0 Å². The van der Waals surface area contributed by atoms with Crippen molar-refractivity contribution in [2.24, 2.45) is 0 Å². The fourth-order valence-corrected chi connectivity index (χ4v) is 3.58. The van der Waals surface area contributed by atoms with Gasteiger partial charge in [-0.25, -0.2) is 4.98 Å². The molecule has 4 heteroatoms. The summed E-state index contributed by atoms with van der Waals surface area (Å²) in [5, 5.41) is 2.74. The smallest absolute Gasteiger partial charge is 0.263 e. The number of fused-ring (bicyclic) bond motifs is 1. The van der Waals surface area contributed by atoms with Crippen molar-refractivity contribution in [2.75, 3.05) is 0 Å². The SMILES string of the molecule is C=C(C)Cn1cnc2scc(-c3ccc(C)cc3C)c2c1=O. The lowest BCUT2D eigenvalue weighted by atomic mass is 9.99. The zero-order valence-corrected chi connectivity index (χ0v) is 13.8. The number of aromatic nitrogens is 2. The molecule has 2 aromatic heterocycles. The lowest BCUT2D eigenvalue weighted by molar-refractivity contribution is 0.739. The lowest BCUT2D eigenvalue weighted by Gasteiger charge is -2.08. The van der Waals surface area contributed by atoms with E-state index in [1.54, 1.807) is 10.9 Å². The second-order valence-electron chi connectivity index (χ2n) is 5.78. The summed E-state index contributed by atoms with van der Waals surface area (Å²) in [7, 11) is 0. The highest BCUT2D eigenvalue weighted by Crippen LogP contribution is 2.32. The van der Waals surface area contributed by atoms with Crippen LogP contribution in [0.3, 0.4) is 0 Å². The van der Waals surface area contributed by atoms with Gasteiger partial charge in [-0.1, -0.05) is 35.9 Å². The summed E-state index contributed by atoms with van der Waals surface area (Å²) in [4.78, 5) is 18.0. The maximum atomic E-state index is 12.8. The molecule has 0 N–H and O–H groups in total. The van der Waals surface area contributed by atoms with Crippen molar-refractivity contribution in [3.05, 3.63) is 63.5 Å². The number of thiophene rings is 1. The number of aryl methyl sites for hydroxylation is 2. The number of nitrogens with zero attached hydrogens (tertiary/aromatic N) is 2. The van der Waals surface area contributed by atoms with E-state index in [1.807, 2.05) is 12.3 Å². The molecule has 0 atom stereocenters. The van der Waals surface area contributed by atoms with Crippen LogP contribution in [0.4, 0.5) is 0 Å². The van der Waals surface area contributed by atoms with E-state index in [-0.39, 0.29) is 5.56 Å². The summed E-state index contributed by atoms with van der Waals surface area (Å²) < 4.78 is 1.63. The Morgan fingerprint density at radius 3 is 2.77 bits per heavy atom. The molecule has 0 radical (unpaired) electrons. The predicted octanol–water partition coefficient (Wildman–Crippen LogP) is 4.32. The quantitative estimate of drug-likeness (QED) is 0.675. The molecule has 1 aromatic carbocycles. The molecule has 0 aliphatic carbocycles. The van der Waals surface area contributed by atoms with Crippen molar-refractivity contribution in [2.45, 2.75) is 27.3 Å². The van der Waals surface area contributed by atoms with Crippen molar-refractivity contribution in [1.29, 1.82) is 0 Å². The van der Waals surface area contributed by atoms with Gasteiger partial charge >= 0.3 is 0 Å². The van der Waals surface area contributed by atoms with Crippen LogP contribution in [-0.4, -0.2) is 9.55 Å². The number of hydrogen-bond donors (Lipinski definition) is 0. The second kappa shape index (κ2) is 5.54. The summed E-state index contributed by atoms with van der Waals surface area (Å²) in [5.74, 6) is 0. The van der Waals surface area contributed by atoms with Gasteiger partial charge in [-0.2, -0.15) is 0 Å².